The maximum Gasteiger partial charge on any atom is 0.277 e. The van der Waals surface area contributed by atoms with Gasteiger partial charge in [-0.1, -0.05) is 42.1 Å². The zero-order valence-corrected chi connectivity index (χ0v) is 17.2. The quantitative estimate of drug-likeness (QED) is 0.368. The number of ketones is 1. The van der Waals surface area contributed by atoms with Crippen molar-refractivity contribution in [1.82, 2.24) is 15.2 Å². The van der Waals surface area contributed by atoms with E-state index >= 15 is 0 Å². The van der Waals surface area contributed by atoms with Crippen molar-refractivity contribution in [3.05, 3.63) is 65.7 Å². The van der Waals surface area contributed by atoms with Crippen molar-refractivity contribution in [3.8, 4) is 11.5 Å². The molecule has 2 aromatic carbocycles. The minimum Gasteiger partial charge on any atom is -0.485 e. The van der Waals surface area contributed by atoms with Gasteiger partial charge in [-0.15, -0.1) is 10.2 Å². The first kappa shape index (κ1) is 18.7. The fraction of sp³-hybridized carbons (Fsp3) is 0.227. The average molecular weight is 421 g/mol. The predicted molar refractivity (Wildman–Crippen MR) is 112 cm³/mol. The van der Waals surface area contributed by atoms with Gasteiger partial charge in [0.05, 0.1) is 5.25 Å². The molecule has 0 saturated carbocycles. The Hall–Kier alpha value is -3.26. The molecule has 0 fully saturated rings. The fourth-order valence-electron chi connectivity index (χ4n) is 3.54. The molecule has 3 heterocycles. The van der Waals surface area contributed by atoms with Crippen molar-refractivity contribution in [2.45, 2.75) is 30.4 Å². The number of nitrogens with one attached hydrogen (secondary N) is 1. The molecule has 0 amide bonds. The van der Waals surface area contributed by atoms with Crippen LogP contribution in [0.3, 0.4) is 0 Å². The van der Waals surface area contributed by atoms with Crippen LogP contribution in [0.2, 0.25) is 0 Å². The number of carbonyl (C=O) groups is 1. The summed E-state index contributed by atoms with van der Waals surface area (Å²) in [5.74, 6) is 1.67. The molecule has 1 aliphatic heterocycles. The number of H-pyrrole nitrogens is 1. The Kier molecular flexibility index (Phi) is 4.71. The molecule has 0 radical (unpaired) electrons. The molecule has 2 aromatic heterocycles. The molecule has 1 N–H and O–H groups in total. The van der Waals surface area contributed by atoms with Crippen molar-refractivity contribution in [2.24, 2.45) is 0 Å². The summed E-state index contributed by atoms with van der Waals surface area (Å²) in [6.45, 7) is 4.04. The van der Waals surface area contributed by atoms with Gasteiger partial charge >= 0.3 is 0 Å². The highest BCUT2D eigenvalue weighted by atomic mass is 32.2. The third-order valence-electron chi connectivity index (χ3n) is 4.99. The number of hydrogen-bond donors (Lipinski definition) is 1. The lowest BCUT2D eigenvalue weighted by Crippen LogP contribution is -2.21. The summed E-state index contributed by atoms with van der Waals surface area (Å²) in [5, 5.41) is 9.04. The largest absolute Gasteiger partial charge is 0.485 e. The van der Waals surface area contributed by atoms with Gasteiger partial charge in [-0.05, 0) is 32.0 Å². The van der Waals surface area contributed by atoms with Crippen LogP contribution in [-0.4, -0.2) is 32.8 Å². The van der Waals surface area contributed by atoms with Crippen LogP contribution in [0.5, 0.6) is 11.5 Å². The number of ether oxygens (including phenoxy) is 2. The summed E-state index contributed by atoms with van der Waals surface area (Å²) in [5.41, 5.74) is 2.50. The maximum absolute atomic E-state index is 13.1. The van der Waals surface area contributed by atoms with Crippen LogP contribution >= 0.6 is 11.8 Å². The number of rotatable bonds is 5. The third-order valence-corrected chi connectivity index (χ3v) is 5.93. The average Bonchev–Trinajstić information content (AvgIpc) is 3.36. The molecule has 0 spiro atoms. The number of benzene rings is 2. The first-order valence-corrected chi connectivity index (χ1v) is 10.5. The van der Waals surface area contributed by atoms with Crippen LogP contribution in [0, 0.1) is 6.92 Å². The lowest BCUT2D eigenvalue weighted by molar-refractivity contribution is 0.0686. The summed E-state index contributed by atoms with van der Waals surface area (Å²) in [6, 6.07) is 15.2. The Bertz CT molecular complexity index is 1230. The molecule has 152 valence electrons. The number of Topliss-reactive ketones (excluding diaryl/α,β-unsaturated/α-hetero) is 1. The van der Waals surface area contributed by atoms with Crippen molar-refractivity contribution in [3.63, 3.8) is 0 Å². The van der Waals surface area contributed by atoms with Gasteiger partial charge < -0.3 is 18.9 Å². The molecule has 2 unspecified atom stereocenters. The number of aromatic nitrogens is 3. The molecule has 0 aliphatic carbocycles. The second-order valence-electron chi connectivity index (χ2n) is 7.07. The number of aromatic amines is 1. The van der Waals surface area contributed by atoms with E-state index in [4.69, 9.17) is 13.9 Å². The van der Waals surface area contributed by atoms with Crippen LogP contribution in [0.4, 0.5) is 0 Å². The molecule has 7 nitrogen and oxygen atoms in total. The number of carbonyl (C=O) groups excluding carboxylic acids is 1. The van der Waals surface area contributed by atoms with Crippen LogP contribution in [-0.2, 0) is 0 Å². The first-order chi connectivity index (χ1) is 14.6. The summed E-state index contributed by atoms with van der Waals surface area (Å²) in [6.07, 6.45) is -0.483. The number of fused-ring (bicyclic) bond motifs is 2. The molecule has 0 saturated heterocycles. The van der Waals surface area contributed by atoms with Gasteiger partial charge in [0.2, 0.25) is 6.10 Å². The number of nitrogens with zero attached hydrogens (tertiary/aromatic N) is 2. The first-order valence-electron chi connectivity index (χ1n) is 9.60. The SMILES string of the molecule is Cc1[nH]c2ccccc2c1C(=O)C(C)Sc1nnc(C2COc3ccccc3O2)o1. The van der Waals surface area contributed by atoms with Crippen molar-refractivity contribution < 1.29 is 18.7 Å². The minimum atomic E-state index is -0.483. The van der Waals surface area contributed by atoms with E-state index in [9.17, 15) is 4.79 Å². The smallest absolute Gasteiger partial charge is 0.277 e. The zero-order chi connectivity index (χ0) is 20.7. The van der Waals surface area contributed by atoms with Crippen molar-refractivity contribution >= 4 is 28.4 Å². The minimum absolute atomic E-state index is 0.0147. The Morgan fingerprint density at radius 2 is 1.90 bits per heavy atom. The lowest BCUT2D eigenvalue weighted by atomic mass is 10.1. The van der Waals surface area contributed by atoms with E-state index in [-0.39, 0.29) is 17.6 Å². The van der Waals surface area contributed by atoms with Gasteiger partial charge in [0.1, 0.15) is 6.61 Å². The van der Waals surface area contributed by atoms with Crippen LogP contribution in [0.15, 0.2) is 58.2 Å². The van der Waals surface area contributed by atoms with E-state index in [0.29, 0.717) is 28.2 Å². The monoisotopic (exact) mass is 421 g/mol. The van der Waals surface area contributed by atoms with Gasteiger partial charge in [0.15, 0.2) is 17.3 Å². The molecular weight excluding hydrogens is 402 g/mol. The summed E-state index contributed by atoms with van der Waals surface area (Å²) < 4.78 is 17.4. The summed E-state index contributed by atoms with van der Waals surface area (Å²) in [4.78, 5) is 16.4. The van der Waals surface area contributed by atoms with Gasteiger partial charge in [-0.25, -0.2) is 0 Å². The fourth-order valence-corrected chi connectivity index (χ4v) is 4.29. The maximum atomic E-state index is 13.1. The Labute approximate surface area is 176 Å². The second kappa shape index (κ2) is 7.53. The Morgan fingerprint density at radius 1 is 1.13 bits per heavy atom. The number of aryl methyl sites for hydroxylation is 1. The molecule has 30 heavy (non-hydrogen) atoms. The van der Waals surface area contributed by atoms with Crippen molar-refractivity contribution in [1.29, 1.82) is 0 Å². The highest BCUT2D eigenvalue weighted by Crippen LogP contribution is 2.36. The molecule has 5 rings (SSSR count). The van der Waals surface area contributed by atoms with E-state index < -0.39 is 6.10 Å². The zero-order valence-electron chi connectivity index (χ0n) is 16.4. The van der Waals surface area contributed by atoms with Crippen LogP contribution < -0.4 is 9.47 Å². The number of thioether (sulfide) groups is 1. The number of para-hydroxylation sites is 3. The molecule has 0 bridgehead atoms. The third kappa shape index (κ3) is 3.33. The molecular formula is C22H19N3O4S. The van der Waals surface area contributed by atoms with Crippen LogP contribution in [0.25, 0.3) is 10.9 Å². The highest BCUT2D eigenvalue weighted by molar-refractivity contribution is 8.00. The Balaban J connectivity index is 1.31. The van der Waals surface area contributed by atoms with E-state index in [0.717, 1.165) is 16.6 Å². The van der Waals surface area contributed by atoms with Gasteiger partial charge in [0.25, 0.3) is 11.1 Å². The highest BCUT2D eigenvalue weighted by Gasteiger charge is 2.29. The van der Waals surface area contributed by atoms with E-state index in [1.165, 1.54) is 11.8 Å². The van der Waals surface area contributed by atoms with Gasteiger partial charge in [-0.2, -0.15) is 0 Å². The number of hydrogen-bond acceptors (Lipinski definition) is 7. The standard InChI is InChI=1S/C22H19N3O4S/c1-12-19(14-7-3-4-8-15(14)23-12)20(26)13(2)30-22-25-24-21(29-22)18-11-27-16-9-5-6-10-17(16)28-18/h3-10,13,18,23H,11H2,1-2H3. The van der Waals surface area contributed by atoms with Gasteiger partial charge in [-0.3, -0.25) is 4.79 Å². The van der Waals surface area contributed by atoms with Gasteiger partial charge in [0, 0.05) is 22.2 Å². The van der Waals surface area contributed by atoms with Crippen LogP contribution in [0.1, 0.15) is 35.0 Å². The van der Waals surface area contributed by atoms with E-state index in [1.54, 1.807) is 0 Å². The normalized spacial score (nSPS) is 16.5. The lowest BCUT2D eigenvalue weighted by Gasteiger charge is -2.23. The predicted octanol–water partition coefficient (Wildman–Crippen LogP) is 4.74. The second-order valence-corrected chi connectivity index (χ2v) is 8.36. The molecule has 1 aliphatic rings. The Morgan fingerprint density at radius 3 is 2.77 bits per heavy atom. The van der Waals surface area contributed by atoms with E-state index in [2.05, 4.69) is 15.2 Å². The molecule has 4 aromatic rings. The summed E-state index contributed by atoms with van der Waals surface area (Å²) >= 11 is 1.24. The molecule has 8 heteroatoms. The summed E-state index contributed by atoms with van der Waals surface area (Å²) in [7, 11) is 0. The molecule has 2 atom stereocenters. The van der Waals surface area contributed by atoms with E-state index in [1.807, 2.05) is 62.4 Å². The van der Waals surface area contributed by atoms with Crippen molar-refractivity contribution in [2.75, 3.05) is 6.61 Å². The topological polar surface area (TPSA) is 90.2 Å².